The van der Waals surface area contributed by atoms with Crippen molar-refractivity contribution in [1.82, 2.24) is 0 Å². The minimum atomic E-state index is 0.0759. The number of halogens is 1. The summed E-state index contributed by atoms with van der Waals surface area (Å²) in [7, 11) is 0. The molecule has 3 aromatic rings. The Morgan fingerprint density at radius 3 is 2.17 bits per heavy atom. The van der Waals surface area contributed by atoms with E-state index >= 15 is 0 Å². The molecule has 1 aliphatic heterocycles. The molecule has 3 heteroatoms. The zero-order valence-electron chi connectivity index (χ0n) is 13.0. The molecule has 0 aromatic heterocycles. The van der Waals surface area contributed by atoms with Gasteiger partial charge in [0.1, 0.15) is 0 Å². The van der Waals surface area contributed by atoms with Crippen molar-refractivity contribution < 1.29 is 0 Å². The normalized spacial score (nSPS) is 16.2. The minimum Gasteiger partial charge on any atom is -0.373 e. The Kier molecular flexibility index (Phi) is 4.09. The average molecular weight is 377 g/mol. The summed E-state index contributed by atoms with van der Waals surface area (Å²) in [4.78, 5) is 0. The Hall–Kier alpha value is -2.52. The number of anilines is 2. The third-order valence-electron chi connectivity index (χ3n) is 4.17. The third-order valence-corrected chi connectivity index (χ3v) is 4.89. The van der Waals surface area contributed by atoms with Gasteiger partial charge < -0.3 is 10.6 Å². The first-order valence-electron chi connectivity index (χ1n) is 7.95. The highest BCUT2D eigenvalue weighted by Crippen LogP contribution is 2.36. The van der Waals surface area contributed by atoms with Gasteiger partial charge in [0.2, 0.25) is 0 Å². The van der Waals surface area contributed by atoms with E-state index in [0.717, 1.165) is 21.5 Å². The van der Waals surface area contributed by atoms with Gasteiger partial charge in [0.25, 0.3) is 0 Å². The summed E-state index contributed by atoms with van der Waals surface area (Å²) >= 11 is 3.68. The lowest BCUT2D eigenvalue weighted by Crippen LogP contribution is -2.08. The largest absolute Gasteiger partial charge is 0.373 e. The molecule has 2 N–H and O–H groups in total. The lowest BCUT2D eigenvalue weighted by atomic mass is 10.0. The summed E-state index contributed by atoms with van der Waals surface area (Å²) in [6, 6.07) is 27.2. The first-order valence-corrected chi connectivity index (χ1v) is 8.75. The van der Waals surface area contributed by atoms with Gasteiger partial charge in [-0.15, -0.1) is 0 Å². The smallest absolute Gasteiger partial charge is 0.0732 e. The van der Waals surface area contributed by atoms with E-state index < -0.39 is 0 Å². The second kappa shape index (κ2) is 6.54. The minimum absolute atomic E-state index is 0.0759. The van der Waals surface area contributed by atoms with Crippen LogP contribution in [0.1, 0.15) is 17.2 Å². The van der Waals surface area contributed by atoms with Crippen molar-refractivity contribution in [3.8, 4) is 0 Å². The van der Waals surface area contributed by atoms with Crippen molar-refractivity contribution in [3.05, 3.63) is 101 Å². The second-order valence-corrected chi connectivity index (χ2v) is 6.61. The molecular formula is C21H17BrN2. The van der Waals surface area contributed by atoms with E-state index in [2.05, 4.69) is 99.4 Å². The number of hydrogen-bond donors (Lipinski definition) is 2. The molecular weight excluding hydrogens is 360 g/mol. The Morgan fingerprint density at radius 1 is 0.708 bits per heavy atom. The van der Waals surface area contributed by atoms with Crippen LogP contribution in [0, 0.1) is 0 Å². The molecule has 0 bridgehead atoms. The van der Waals surface area contributed by atoms with Gasteiger partial charge in [-0.2, -0.15) is 0 Å². The zero-order chi connectivity index (χ0) is 16.4. The predicted molar refractivity (Wildman–Crippen MR) is 105 cm³/mol. The fraction of sp³-hybridized carbons (Fsp3) is 0.0476. The first-order chi connectivity index (χ1) is 11.8. The molecule has 1 aliphatic rings. The summed E-state index contributed by atoms with van der Waals surface area (Å²) < 4.78 is 1.10. The average Bonchev–Trinajstić information content (AvgIpc) is 2.82. The number of nitrogens with one attached hydrogen (secondary N) is 2. The quantitative estimate of drug-likeness (QED) is 0.567. The molecule has 0 unspecified atom stereocenters. The van der Waals surface area contributed by atoms with Gasteiger partial charge in [-0.05, 0) is 35.4 Å². The second-order valence-electron chi connectivity index (χ2n) is 5.76. The predicted octanol–water partition coefficient (Wildman–Crippen LogP) is 6.07. The van der Waals surface area contributed by atoms with Gasteiger partial charge in [0.05, 0.1) is 17.4 Å². The number of hydrogen-bond acceptors (Lipinski definition) is 2. The van der Waals surface area contributed by atoms with E-state index in [0.29, 0.717) is 0 Å². The van der Waals surface area contributed by atoms with Gasteiger partial charge in [0, 0.05) is 10.2 Å². The van der Waals surface area contributed by atoms with Crippen LogP contribution in [-0.2, 0) is 0 Å². The van der Waals surface area contributed by atoms with E-state index in [4.69, 9.17) is 0 Å². The summed E-state index contributed by atoms with van der Waals surface area (Å²) in [5.74, 6) is 0. The Balaban J connectivity index is 1.85. The van der Waals surface area contributed by atoms with Gasteiger partial charge in [-0.25, -0.2) is 0 Å². The van der Waals surface area contributed by atoms with Crippen LogP contribution in [0.5, 0.6) is 0 Å². The van der Waals surface area contributed by atoms with Crippen molar-refractivity contribution in [2.24, 2.45) is 0 Å². The van der Waals surface area contributed by atoms with E-state index in [1.165, 1.54) is 11.1 Å². The van der Waals surface area contributed by atoms with Gasteiger partial charge in [0.15, 0.2) is 0 Å². The van der Waals surface area contributed by atoms with E-state index in [1.54, 1.807) is 0 Å². The zero-order valence-corrected chi connectivity index (χ0v) is 14.6. The molecule has 0 radical (unpaired) electrons. The van der Waals surface area contributed by atoms with Crippen LogP contribution >= 0.6 is 15.9 Å². The highest BCUT2D eigenvalue weighted by atomic mass is 79.9. The molecule has 0 spiro atoms. The Morgan fingerprint density at radius 2 is 1.38 bits per heavy atom. The first kappa shape index (κ1) is 15.0. The van der Waals surface area contributed by atoms with Crippen LogP contribution in [0.3, 0.4) is 0 Å². The number of para-hydroxylation sites is 2. The molecule has 0 aliphatic carbocycles. The molecule has 1 atom stereocenters. The van der Waals surface area contributed by atoms with Crippen molar-refractivity contribution in [3.63, 3.8) is 0 Å². The fourth-order valence-electron chi connectivity index (χ4n) is 2.96. The molecule has 4 rings (SSSR count). The molecule has 118 valence electrons. The molecule has 0 amide bonds. The number of benzene rings is 3. The molecule has 24 heavy (non-hydrogen) atoms. The van der Waals surface area contributed by atoms with Crippen LogP contribution in [0.25, 0.3) is 5.70 Å². The maximum Gasteiger partial charge on any atom is 0.0732 e. The Labute approximate surface area is 150 Å². The highest BCUT2D eigenvalue weighted by molar-refractivity contribution is 9.10. The molecule has 0 fully saturated rings. The van der Waals surface area contributed by atoms with Crippen molar-refractivity contribution in [2.45, 2.75) is 6.04 Å². The molecule has 1 heterocycles. The maximum atomic E-state index is 3.68. The summed E-state index contributed by atoms with van der Waals surface area (Å²) in [5.41, 5.74) is 5.67. The lowest BCUT2D eigenvalue weighted by Gasteiger charge is -2.17. The summed E-state index contributed by atoms with van der Waals surface area (Å²) in [6.45, 7) is 0. The molecule has 0 saturated carbocycles. The summed E-state index contributed by atoms with van der Waals surface area (Å²) in [5, 5.41) is 7.23. The van der Waals surface area contributed by atoms with Crippen LogP contribution in [0.15, 0.2) is 89.4 Å². The van der Waals surface area contributed by atoms with E-state index in [1.807, 2.05) is 12.1 Å². The SMILES string of the molecule is Brc1ccccc1[C@H]1C=C(c2ccccc2)Nc2ccccc2N1. The molecule has 3 aromatic carbocycles. The highest BCUT2D eigenvalue weighted by Gasteiger charge is 2.19. The summed E-state index contributed by atoms with van der Waals surface area (Å²) in [6.07, 6.45) is 2.25. The van der Waals surface area contributed by atoms with Crippen molar-refractivity contribution >= 4 is 33.0 Å². The lowest BCUT2D eigenvalue weighted by molar-refractivity contribution is 0.984. The Bertz CT molecular complexity index is 887. The van der Waals surface area contributed by atoms with Crippen LogP contribution in [-0.4, -0.2) is 0 Å². The topological polar surface area (TPSA) is 24.1 Å². The monoisotopic (exact) mass is 376 g/mol. The van der Waals surface area contributed by atoms with E-state index in [9.17, 15) is 0 Å². The maximum absolute atomic E-state index is 3.68. The third kappa shape index (κ3) is 2.95. The van der Waals surface area contributed by atoms with Crippen molar-refractivity contribution in [2.75, 3.05) is 10.6 Å². The molecule has 2 nitrogen and oxygen atoms in total. The fourth-order valence-corrected chi connectivity index (χ4v) is 3.49. The van der Waals surface area contributed by atoms with Gasteiger partial charge in [-0.3, -0.25) is 0 Å². The van der Waals surface area contributed by atoms with Crippen molar-refractivity contribution in [1.29, 1.82) is 0 Å². The van der Waals surface area contributed by atoms with Crippen LogP contribution in [0.4, 0.5) is 11.4 Å². The van der Waals surface area contributed by atoms with Crippen LogP contribution < -0.4 is 10.6 Å². The van der Waals surface area contributed by atoms with Gasteiger partial charge >= 0.3 is 0 Å². The van der Waals surface area contributed by atoms with Gasteiger partial charge in [-0.1, -0.05) is 76.6 Å². The number of fused-ring (bicyclic) bond motifs is 1. The van der Waals surface area contributed by atoms with Crippen LogP contribution in [0.2, 0.25) is 0 Å². The number of rotatable bonds is 2. The molecule has 0 saturated heterocycles. The van der Waals surface area contributed by atoms with E-state index in [-0.39, 0.29) is 6.04 Å². The standard InChI is InChI=1S/C21H17BrN2/c22-17-11-5-4-10-16(17)21-14-20(15-8-2-1-3-9-15)23-18-12-6-7-13-19(18)24-21/h1-14,21,23-24H/t21-/m1/s1.